The van der Waals surface area contributed by atoms with Gasteiger partial charge in [0.15, 0.2) is 0 Å². The molecule has 0 spiro atoms. The zero-order chi connectivity index (χ0) is 16.7. The molecule has 0 aromatic heterocycles. The van der Waals surface area contributed by atoms with E-state index in [4.69, 9.17) is 0 Å². The van der Waals surface area contributed by atoms with Gasteiger partial charge in [-0.1, -0.05) is 60.7 Å². The highest BCUT2D eigenvalue weighted by atomic mass is 31.1. The third-order valence-electron chi connectivity index (χ3n) is 4.73. The highest BCUT2D eigenvalue weighted by Crippen LogP contribution is 2.68. The number of benzene rings is 2. The number of rotatable bonds is 2. The summed E-state index contributed by atoms with van der Waals surface area (Å²) in [5.74, 6) is 0.0266. The van der Waals surface area contributed by atoms with E-state index in [9.17, 15) is 9.59 Å². The van der Waals surface area contributed by atoms with E-state index in [2.05, 4.69) is 30.9 Å². The molecule has 4 nitrogen and oxygen atoms in total. The standard InChI is InChI=1S/C19H19N2O2P/c1-24-18(14-8-4-2-5-9-14)20-16(22)12-13-17(23)21(20)19(24)15-10-6-3-7-11-15/h2-11,18-19H,12-13H2,1H3/t18-,19-/m0/s1. The molecule has 0 aliphatic carbocycles. The molecule has 0 saturated carbocycles. The Morgan fingerprint density at radius 2 is 1.12 bits per heavy atom. The molecule has 0 unspecified atom stereocenters. The molecule has 4 rings (SSSR count). The molecule has 122 valence electrons. The molecule has 24 heavy (non-hydrogen) atoms. The molecule has 2 aromatic rings. The summed E-state index contributed by atoms with van der Waals surface area (Å²) in [6.07, 6.45) is 0.618. The van der Waals surface area contributed by atoms with Crippen LogP contribution in [0.25, 0.3) is 0 Å². The highest BCUT2D eigenvalue weighted by Gasteiger charge is 2.52. The van der Waals surface area contributed by atoms with Crippen molar-refractivity contribution in [2.24, 2.45) is 0 Å². The van der Waals surface area contributed by atoms with Crippen molar-refractivity contribution in [3.8, 4) is 0 Å². The van der Waals surface area contributed by atoms with E-state index in [0.29, 0.717) is 12.8 Å². The van der Waals surface area contributed by atoms with E-state index >= 15 is 0 Å². The third kappa shape index (κ3) is 2.33. The Bertz CT molecular complexity index is 700. The van der Waals surface area contributed by atoms with Gasteiger partial charge in [0.25, 0.3) is 0 Å². The molecule has 0 bridgehead atoms. The van der Waals surface area contributed by atoms with Crippen molar-refractivity contribution >= 4 is 19.7 Å². The quantitative estimate of drug-likeness (QED) is 0.780. The number of hydrogen-bond acceptors (Lipinski definition) is 2. The number of hydrogen-bond donors (Lipinski definition) is 0. The maximum atomic E-state index is 12.7. The van der Waals surface area contributed by atoms with Crippen LogP contribution in [0.5, 0.6) is 0 Å². The lowest BCUT2D eigenvalue weighted by atomic mass is 10.1. The monoisotopic (exact) mass is 338 g/mol. The predicted molar refractivity (Wildman–Crippen MR) is 94.1 cm³/mol. The van der Waals surface area contributed by atoms with Crippen LogP contribution in [0.3, 0.4) is 0 Å². The van der Waals surface area contributed by atoms with Crippen LogP contribution in [0.2, 0.25) is 0 Å². The van der Waals surface area contributed by atoms with Crippen LogP contribution in [0.1, 0.15) is 35.5 Å². The first-order valence-corrected chi connectivity index (χ1v) is 10.1. The van der Waals surface area contributed by atoms with Gasteiger partial charge in [-0.2, -0.15) is 0 Å². The van der Waals surface area contributed by atoms with Gasteiger partial charge in [-0.3, -0.25) is 9.59 Å². The van der Waals surface area contributed by atoms with Crippen LogP contribution in [0.15, 0.2) is 60.7 Å². The topological polar surface area (TPSA) is 40.6 Å². The van der Waals surface area contributed by atoms with Gasteiger partial charge in [-0.25, -0.2) is 10.0 Å². The van der Waals surface area contributed by atoms with Crippen molar-refractivity contribution in [2.75, 3.05) is 6.66 Å². The van der Waals surface area contributed by atoms with Gasteiger partial charge < -0.3 is 0 Å². The van der Waals surface area contributed by atoms with Crippen LogP contribution in [0, 0.1) is 0 Å². The van der Waals surface area contributed by atoms with Gasteiger partial charge in [-0.05, 0) is 25.7 Å². The summed E-state index contributed by atoms with van der Waals surface area (Å²) in [6, 6.07) is 20.2. The van der Waals surface area contributed by atoms with Crippen molar-refractivity contribution in [3.63, 3.8) is 0 Å². The average Bonchev–Trinajstić information content (AvgIpc) is 2.94. The lowest BCUT2D eigenvalue weighted by molar-refractivity contribution is -0.171. The zero-order valence-electron chi connectivity index (χ0n) is 13.5. The van der Waals surface area contributed by atoms with Crippen LogP contribution in [0.4, 0.5) is 0 Å². The van der Waals surface area contributed by atoms with Crippen molar-refractivity contribution in [2.45, 2.75) is 24.4 Å². The Kier molecular flexibility index (Phi) is 3.85. The predicted octanol–water partition coefficient (Wildman–Crippen LogP) is 3.88. The summed E-state index contributed by atoms with van der Waals surface area (Å²) in [6.45, 7) is 2.20. The summed E-state index contributed by atoms with van der Waals surface area (Å²) < 4.78 is 0. The normalized spacial score (nSPS) is 24.4. The fourth-order valence-electron chi connectivity index (χ4n) is 3.67. The minimum absolute atomic E-state index is 0.0387. The first kappa shape index (κ1) is 15.3. The Hall–Kier alpha value is -2.19. The molecule has 2 heterocycles. The Morgan fingerprint density at radius 1 is 0.750 bits per heavy atom. The van der Waals surface area contributed by atoms with E-state index in [1.54, 1.807) is 10.0 Å². The van der Waals surface area contributed by atoms with Crippen molar-refractivity contribution in [1.82, 2.24) is 10.0 Å². The molecular formula is C19H19N2O2P. The molecular weight excluding hydrogens is 319 g/mol. The first-order valence-electron chi connectivity index (χ1n) is 8.14. The largest absolute Gasteiger partial charge is 0.273 e. The SMILES string of the molecule is CP1[C@@H](c2ccccc2)N2C(=O)CCC(=O)N2[C@@H]1c1ccccc1. The van der Waals surface area contributed by atoms with E-state index in [1.807, 2.05) is 36.4 Å². The molecule has 2 fully saturated rings. The lowest BCUT2D eigenvalue weighted by Crippen LogP contribution is -2.50. The molecule has 0 N–H and O–H groups in total. The molecule has 2 saturated heterocycles. The molecule has 5 heteroatoms. The number of carbonyl (C=O) groups excluding carboxylic acids is 2. The Morgan fingerprint density at radius 3 is 1.50 bits per heavy atom. The van der Waals surface area contributed by atoms with Crippen LogP contribution >= 0.6 is 7.92 Å². The zero-order valence-corrected chi connectivity index (χ0v) is 14.4. The van der Waals surface area contributed by atoms with Gasteiger partial charge in [0.05, 0.1) is 11.6 Å². The first-order chi connectivity index (χ1) is 11.7. The van der Waals surface area contributed by atoms with Gasteiger partial charge in [-0.15, -0.1) is 0 Å². The highest BCUT2D eigenvalue weighted by molar-refractivity contribution is 7.57. The Balaban J connectivity index is 1.84. The number of amides is 2. The van der Waals surface area contributed by atoms with Crippen molar-refractivity contribution < 1.29 is 9.59 Å². The molecule has 2 amide bonds. The maximum absolute atomic E-state index is 12.7. The third-order valence-corrected chi connectivity index (χ3v) is 7.30. The van der Waals surface area contributed by atoms with Crippen molar-refractivity contribution in [3.05, 3.63) is 71.8 Å². The minimum atomic E-state index is -0.638. The van der Waals surface area contributed by atoms with E-state index < -0.39 is 7.92 Å². The smallest absolute Gasteiger partial charge is 0.242 e. The maximum Gasteiger partial charge on any atom is 0.242 e. The number of fused-ring (bicyclic) bond motifs is 1. The second-order valence-corrected chi connectivity index (χ2v) is 8.52. The fourth-order valence-corrected chi connectivity index (χ4v) is 6.40. The van der Waals surface area contributed by atoms with E-state index in [-0.39, 0.29) is 23.4 Å². The van der Waals surface area contributed by atoms with Gasteiger partial charge in [0.2, 0.25) is 11.8 Å². The number of nitrogens with zero attached hydrogens (tertiary/aromatic N) is 2. The van der Waals surface area contributed by atoms with Gasteiger partial charge in [0, 0.05) is 12.8 Å². The summed E-state index contributed by atoms with van der Waals surface area (Å²) >= 11 is 0. The average molecular weight is 338 g/mol. The summed E-state index contributed by atoms with van der Waals surface area (Å²) in [4.78, 5) is 25.3. The second-order valence-electron chi connectivity index (χ2n) is 6.21. The summed E-state index contributed by atoms with van der Waals surface area (Å²) in [5, 5.41) is 3.48. The molecule has 2 aliphatic heterocycles. The van der Waals surface area contributed by atoms with Crippen LogP contribution in [-0.4, -0.2) is 28.5 Å². The number of carbonyl (C=O) groups is 2. The minimum Gasteiger partial charge on any atom is -0.273 e. The molecule has 2 atom stereocenters. The van der Waals surface area contributed by atoms with E-state index in [1.165, 1.54) is 0 Å². The lowest BCUT2D eigenvalue weighted by Gasteiger charge is -2.37. The number of hydrazine groups is 1. The Labute approximate surface area is 142 Å². The van der Waals surface area contributed by atoms with Crippen molar-refractivity contribution in [1.29, 1.82) is 0 Å². The van der Waals surface area contributed by atoms with Crippen LogP contribution in [-0.2, 0) is 9.59 Å². The van der Waals surface area contributed by atoms with Gasteiger partial charge in [0.1, 0.15) is 0 Å². The second kappa shape index (κ2) is 6.03. The fraction of sp³-hybridized carbons (Fsp3) is 0.263. The van der Waals surface area contributed by atoms with E-state index in [0.717, 1.165) is 11.1 Å². The summed E-state index contributed by atoms with van der Waals surface area (Å²) in [5.41, 5.74) is 2.22. The van der Waals surface area contributed by atoms with Gasteiger partial charge >= 0.3 is 0 Å². The molecule has 0 radical (unpaired) electrons. The van der Waals surface area contributed by atoms with Crippen LogP contribution < -0.4 is 0 Å². The molecule has 2 aromatic carbocycles. The summed E-state index contributed by atoms with van der Waals surface area (Å²) in [7, 11) is -0.638. The molecule has 2 aliphatic rings.